The molecule has 6 nitrogen and oxygen atoms in total. The first-order chi connectivity index (χ1) is 9.82. The summed E-state index contributed by atoms with van der Waals surface area (Å²) in [5.41, 5.74) is 5.71. The van der Waals surface area contributed by atoms with Crippen LogP contribution in [0.2, 0.25) is 0 Å². The zero-order chi connectivity index (χ0) is 15.7. The average molecular weight is 314 g/mol. The quantitative estimate of drug-likeness (QED) is 0.851. The molecule has 1 aliphatic rings. The Balaban J connectivity index is 2.33. The van der Waals surface area contributed by atoms with Crippen molar-refractivity contribution in [3.8, 4) is 5.75 Å². The maximum Gasteiger partial charge on any atom is 0.243 e. The maximum atomic E-state index is 12.7. The molecular formula is C14H22N2O4S. The molecule has 0 spiro atoms. The van der Waals surface area contributed by atoms with Crippen LogP contribution in [0.3, 0.4) is 0 Å². The summed E-state index contributed by atoms with van der Waals surface area (Å²) >= 11 is 0. The zero-order valence-electron chi connectivity index (χ0n) is 12.6. The van der Waals surface area contributed by atoms with Crippen molar-refractivity contribution >= 4 is 15.7 Å². The van der Waals surface area contributed by atoms with Gasteiger partial charge in [0.15, 0.2) is 0 Å². The second kappa shape index (κ2) is 5.82. The van der Waals surface area contributed by atoms with E-state index in [0.29, 0.717) is 24.5 Å². The summed E-state index contributed by atoms with van der Waals surface area (Å²) in [4.78, 5) is 0.189. The van der Waals surface area contributed by atoms with Crippen LogP contribution in [0, 0.1) is 0 Å². The smallest absolute Gasteiger partial charge is 0.243 e. The van der Waals surface area contributed by atoms with E-state index in [2.05, 4.69) is 0 Å². The van der Waals surface area contributed by atoms with Crippen LogP contribution in [0.25, 0.3) is 0 Å². The fourth-order valence-electron chi connectivity index (χ4n) is 2.53. The van der Waals surface area contributed by atoms with Crippen LogP contribution in [0.4, 0.5) is 5.69 Å². The highest BCUT2D eigenvalue weighted by Gasteiger charge is 2.37. The molecule has 118 valence electrons. The largest absolute Gasteiger partial charge is 0.495 e. The lowest BCUT2D eigenvalue weighted by Crippen LogP contribution is -2.49. The summed E-state index contributed by atoms with van der Waals surface area (Å²) in [6.45, 7) is 2.77. The van der Waals surface area contributed by atoms with E-state index in [4.69, 9.17) is 15.2 Å². The number of benzene rings is 1. The van der Waals surface area contributed by atoms with E-state index < -0.39 is 15.6 Å². The van der Waals surface area contributed by atoms with Crippen molar-refractivity contribution < 1.29 is 17.9 Å². The van der Waals surface area contributed by atoms with Crippen LogP contribution >= 0.6 is 0 Å². The van der Waals surface area contributed by atoms with Gasteiger partial charge in [-0.05, 0) is 31.9 Å². The van der Waals surface area contributed by atoms with Crippen molar-refractivity contribution in [2.45, 2.75) is 30.3 Å². The normalized spacial score (nSPS) is 24.0. The molecule has 0 aliphatic carbocycles. The van der Waals surface area contributed by atoms with Gasteiger partial charge in [-0.2, -0.15) is 4.31 Å². The van der Waals surface area contributed by atoms with E-state index in [1.165, 1.54) is 23.5 Å². The summed E-state index contributed by atoms with van der Waals surface area (Å²) in [5.74, 6) is 0.364. The monoisotopic (exact) mass is 314 g/mol. The van der Waals surface area contributed by atoms with E-state index in [-0.39, 0.29) is 4.90 Å². The van der Waals surface area contributed by atoms with Crippen molar-refractivity contribution in [1.82, 2.24) is 4.31 Å². The number of anilines is 1. The van der Waals surface area contributed by atoms with Crippen molar-refractivity contribution in [2.75, 3.05) is 33.0 Å². The predicted octanol–water partition coefficient (Wildman–Crippen LogP) is 1.47. The highest BCUT2D eigenvalue weighted by molar-refractivity contribution is 7.89. The lowest BCUT2D eigenvalue weighted by atomic mass is 9.96. The molecule has 0 bridgehead atoms. The lowest BCUT2D eigenvalue weighted by Gasteiger charge is -2.38. The Bertz CT molecular complexity index is 617. The van der Waals surface area contributed by atoms with Crippen molar-refractivity contribution in [1.29, 1.82) is 0 Å². The molecule has 1 aromatic carbocycles. The van der Waals surface area contributed by atoms with Gasteiger partial charge in [-0.15, -0.1) is 0 Å². The second-order valence-corrected chi connectivity index (χ2v) is 7.44. The number of piperidine rings is 1. The summed E-state index contributed by atoms with van der Waals surface area (Å²) < 4.78 is 37.5. The van der Waals surface area contributed by atoms with Crippen LogP contribution in [0.5, 0.6) is 5.75 Å². The highest BCUT2D eigenvalue weighted by Crippen LogP contribution is 2.31. The Kier molecular flexibility index (Phi) is 4.46. The number of methoxy groups -OCH3 is 2. The third-order valence-corrected chi connectivity index (χ3v) is 5.80. The zero-order valence-corrected chi connectivity index (χ0v) is 13.4. The van der Waals surface area contributed by atoms with Gasteiger partial charge in [0.1, 0.15) is 5.75 Å². The topological polar surface area (TPSA) is 81.9 Å². The summed E-state index contributed by atoms with van der Waals surface area (Å²) in [6.07, 6.45) is 1.62. The molecule has 0 amide bonds. The minimum Gasteiger partial charge on any atom is -0.495 e. The molecule has 1 heterocycles. The van der Waals surface area contributed by atoms with Gasteiger partial charge in [0, 0.05) is 26.3 Å². The third kappa shape index (κ3) is 3.14. The molecule has 7 heteroatoms. The maximum absolute atomic E-state index is 12.7. The Hall–Kier alpha value is -1.31. The molecule has 21 heavy (non-hydrogen) atoms. The summed E-state index contributed by atoms with van der Waals surface area (Å²) in [6, 6.07) is 4.51. The van der Waals surface area contributed by atoms with E-state index in [0.717, 1.165) is 12.8 Å². The van der Waals surface area contributed by atoms with Crippen LogP contribution < -0.4 is 10.5 Å². The first-order valence-electron chi connectivity index (χ1n) is 6.81. The molecule has 0 saturated carbocycles. The molecule has 0 aromatic heterocycles. The van der Waals surface area contributed by atoms with E-state index in [1.807, 2.05) is 6.92 Å². The number of hydrogen-bond acceptors (Lipinski definition) is 5. The molecular weight excluding hydrogens is 292 g/mol. The Morgan fingerprint density at radius 2 is 2.05 bits per heavy atom. The molecule has 1 aliphatic heterocycles. The van der Waals surface area contributed by atoms with Crippen LogP contribution in [-0.2, 0) is 14.8 Å². The Morgan fingerprint density at radius 3 is 2.67 bits per heavy atom. The molecule has 1 aromatic rings. The summed E-state index contributed by atoms with van der Waals surface area (Å²) in [7, 11) is -0.498. The van der Waals surface area contributed by atoms with E-state index in [9.17, 15) is 8.42 Å². The molecule has 1 fully saturated rings. The van der Waals surface area contributed by atoms with Crippen molar-refractivity contribution in [2.24, 2.45) is 0 Å². The second-order valence-electron chi connectivity index (χ2n) is 5.50. The number of nitrogen functional groups attached to an aromatic ring is 1. The van der Waals surface area contributed by atoms with Crippen molar-refractivity contribution in [3.63, 3.8) is 0 Å². The number of rotatable bonds is 4. The van der Waals surface area contributed by atoms with Gasteiger partial charge >= 0.3 is 0 Å². The van der Waals surface area contributed by atoms with Gasteiger partial charge in [0.05, 0.1) is 23.3 Å². The first kappa shape index (κ1) is 16.1. The lowest BCUT2D eigenvalue weighted by molar-refractivity contribution is -0.0319. The summed E-state index contributed by atoms with van der Waals surface area (Å²) in [5, 5.41) is 0. The van der Waals surface area contributed by atoms with Crippen LogP contribution in [0.15, 0.2) is 23.1 Å². The fraction of sp³-hybridized carbons (Fsp3) is 0.571. The van der Waals surface area contributed by atoms with Gasteiger partial charge in [0.25, 0.3) is 0 Å². The standard InChI is InChI=1S/C14H22N2O4S/c1-14(20-3)7-4-8-16(10-14)21(17,18)11-5-6-12(15)13(9-11)19-2/h5-6,9H,4,7-8,10,15H2,1-3H3. The number of nitrogens with zero attached hydrogens (tertiary/aromatic N) is 1. The van der Waals surface area contributed by atoms with Gasteiger partial charge in [-0.1, -0.05) is 0 Å². The molecule has 2 N–H and O–H groups in total. The molecule has 2 rings (SSSR count). The van der Waals surface area contributed by atoms with Crippen LogP contribution in [-0.4, -0.2) is 45.6 Å². The minimum atomic E-state index is -3.57. The average Bonchev–Trinajstić information content (AvgIpc) is 2.47. The minimum absolute atomic E-state index is 0.189. The third-order valence-electron chi connectivity index (χ3n) is 3.96. The van der Waals surface area contributed by atoms with Crippen LogP contribution in [0.1, 0.15) is 19.8 Å². The first-order valence-corrected chi connectivity index (χ1v) is 8.25. The fourth-order valence-corrected chi connectivity index (χ4v) is 4.14. The van der Waals surface area contributed by atoms with Gasteiger partial charge < -0.3 is 15.2 Å². The predicted molar refractivity (Wildman–Crippen MR) is 80.8 cm³/mol. The van der Waals surface area contributed by atoms with Crippen molar-refractivity contribution in [3.05, 3.63) is 18.2 Å². The number of sulfonamides is 1. The number of nitrogens with two attached hydrogens (primary N) is 1. The molecule has 1 saturated heterocycles. The Labute approximate surface area is 125 Å². The number of hydrogen-bond donors (Lipinski definition) is 1. The molecule has 1 unspecified atom stereocenters. The Morgan fingerprint density at radius 1 is 1.33 bits per heavy atom. The van der Waals surface area contributed by atoms with E-state index >= 15 is 0 Å². The van der Waals surface area contributed by atoms with Gasteiger partial charge in [0.2, 0.25) is 10.0 Å². The molecule has 1 atom stereocenters. The number of ether oxygens (including phenoxy) is 2. The van der Waals surface area contributed by atoms with Gasteiger partial charge in [-0.25, -0.2) is 8.42 Å². The van der Waals surface area contributed by atoms with Gasteiger partial charge in [-0.3, -0.25) is 0 Å². The molecule has 0 radical (unpaired) electrons. The SMILES string of the molecule is COc1cc(S(=O)(=O)N2CCCC(C)(OC)C2)ccc1N. The highest BCUT2D eigenvalue weighted by atomic mass is 32.2. The van der Waals surface area contributed by atoms with E-state index in [1.54, 1.807) is 13.2 Å².